The summed E-state index contributed by atoms with van der Waals surface area (Å²) in [6.45, 7) is 2.57. The summed E-state index contributed by atoms with van der Waals surface area (Å²) in [5.41, 5.74) is 0. The van der Waals surface area contributed by atoms with Gasteiger partial charge in [-0.1, -0.05) is 0 Å². The van der Waals surface area contributed by atoms with Crippen LogP contribution in [0.15, 0.2) is 23.1 Å². The molecule has 2 saturated heterocycles. The molecule has 7 nitrogen and oxygen atoms in total. The number of halogens is 2. The van der Waals surface area contributed by atoms with Gasteiger partial charge in [0.2, 0.25) is 10.0 Å². The van der Waals surface area contributed by atoms with E-state index in [1.54, 1.807) is 9.80 Å². The van der Waals surface area contributed by atoms with Gasteiger partial charge in [0.15, 0.2) is 0 Å². The van der Waals surface area contributed by atoms with Crippen molar-refractivity contribution in [1.29, 1.82) is 0 Å². The third-order valence-corrected chi connectivity index (χ3v) is 6.23. The molecule has 0 radical (unpaired) electrons. The first-order valence-corrected chi connectivity index (χ1v) is 9.40. The van der Waals surface area contributed by atoms with Crippen LogP contribution in [0.2, 0.25) is 0 Å². The molecule has 25 heavy (non-hydrogen) atoms. The van der Waals surface area contributed by atoms with Gasteiger partial charge in [-0.2, -0.15) is 4.31 Å². The smallest absolute Gasteiger partial charge is 0.320 e. The minimum atomic E-state index is -4.06. The molecule has 0 spiro atoms. The number of amides is 2. The first-order valence-electron chi connectivity index (χ1n) is 7.96. The molecular weight excluding hydrogens is 356 g/mol. The second kappa shape index (κ2) is 7.22. The number of morpholine rings is 1. The SMILES string of the molecule is O=C(N1CCOCC1)N1CCN(S(=O)(=O)c2ccc(F)cc2F)CC1. The predicted octanol–water partition coefficient (Wildman–Crippen LogP) is 0.723. The van der Waals surface area contributed by atoms with Gasteiger partial charge in [-0.3, -0.25) is 0 Å². The topological polar surface area (TPSA) is 70.2 Å². The summed E-state index contributed by atoms with van der Waals surface area (Å²) in [7, 11) is -4.06. The van der Waals surface area contributed by atoms with Crippen LogP contribution in [-0.2, 0) is 14.8 Å². The van der Waals surface area contributed by atoms with E-state index in [-0.39, 0.29) is 32.2 Å². The molecule has 3 rings (SSSR count). The van der Waals surface area contributed by atoms with Gasteiger partial charge in [0.1, 0.15) is 16.5 Å². The van der Waals surface area contributed by atoms with Gasteiger partial charge in [0.05, 0.1) is 13.2 Å². The first-order chi connectivity index (χ1) is 11.9. The highest BCUT2D eigenvalue weighted by Gasteiger charge is 2.33. The highest BCUT2D eigenvalue weighted by atomic mass is 32.2. The number of benzene rings is 1. The van der Waals surface area contributed by atoms with Crippen LogP contribution >= 0.6 is 0 Å². The molecule has 1 aromatic carbocycles. The van der Waals surface area contributed by atoms with Crippen molar-refractivity contribution in [2.75, 3.05) is 52.5 Å². The summed E-state index contributed by atoms with van der Waals surface area (Å²) in [5.74, 6) is -1.95. The monoisotopic (exact) mass is 375 g/mol. The molecule has 1 aromatic rings. The van der Waals surface area contributed by atoms with E-state index < -0.39 is 26.6 Å². The molecule has 0 unspecified atom stereocenters. The molecule has 0 saturated carbocycles. The van der Waals surface area contributed by atoms with E-state index in [2.05, 4.69) is 0 Å². The molecule has 10 heteroatoms. The van der Waals surface area contributed by atoms with E-state index >= 15 is 0 Å². The third-order valence-electron chi connectivity index (χ3n) is 4.30. The van der Waals surface area contributed by atoms with Gasteiger partial charge >= 0.3 is 6.03 Å². The Balaban J connectivity index is 1.66. The number of nitrogens with zero attached hydrogens (tertiary/aromatic N) is 3. The Morgan fingerprint density at radius 1 is 0.960 bits per heavy atom. The van der Waals surface area contributed by atoms with Crippen molar-refractivity contribution in [2.45, 2.75) is 4.90 Å². The lowest BCUT2D eigenvalue weighted by Gasteiger charge is -2.38. The van der Waals surface area contributed by atoms with Gasteiger partial charge in [-0.05, 0) is 12.1 Å². The molecular formula is C15H19F2N3O4S. The number of hydrogen-bond donors (Lipinski definition) is 0. The average Bonchev–Trinajstić information content (AvgIpc) is 2.61. The van der Waals surface area contributed by atoms with Crippen LogP contribution in [0.25, 0.3) is 0 Å². The summed E-state index contributed by atoms with van der Waals surface area (Å²) >= 11 is 0. The van der Waals surface area contributed by atoms with Crippen molar-refractivity contribution in [1.82, 2.24) is 14.1 Å². The van der Waals surface area contributed by atoms with E-state index in [0.29, 0.717) is 32.4 Å². The molecule has 0 N–H and O–H groups in total. The van der Waals surface area contributed by atoms with Crippen molar-refractivity contribution < 1.29 is 26.7 Å². The fourth-order valence-electron chi connectivity index (χ4n) is 2.90. The number of hydrogen-bond acceptors (Lipinski definition) is 4. The maximum Gasteiger partial charge on any atom is 0.320 e. The van der Waals surface area contributed by atoms with Gasteiger partial charge in [-0.15, -0.1) is 0 Å². The van der Waals surface area contributed by atoms with E-state index in [0.717, 1.165) is 16.4 Å². The van der Waals surface area contributed by atoms with Crippen molar-refractivity contribution in [3.05, 3.63) is 29.8 Å². The maximum absolute atomic E-state index is 13.8. The van der Waals surface area contributed by atoms with E-state index in [9.17, 15) is 22.0 Å². The summed E-state index contributed by atoms with van der Waals surface area (Å²) < 4.78 is 58.2. The predicted molar refractivity (Wildman–Crippen MR) is 84.5 cm³/mol. The zero-order valence-corrected chi connectivity index (χ0v) is 14.3. The van der Waals surface area contributed by atoms with E-state index in [1.165, 1.54) is 0 Å². The lowest BCUT2D eigenvalue weighted by atomic mass is 10.3. The number of carbonyl (C=O) groups is 1. The highest BCUT2D eigenvalue weighted by Crippen LogP contribution is 2.21. The quantitative estimate of drug-likeness (QED) is 0.764. The molecule has 0 aromatic heterocycles. The van der Waals surface area contributed by atoms with Gasteiger partial charge < -0.3 is 14.5 Å². The normalized spacial score (nSPS) is 19.9. The van der Waals surface area contributed by atoms with Crippen molar-refractivity contribution in [3.63, 3.8) is 0 Å². The molecule has 2 aliphatic rings. The number of rotatable bonds is 2. The Hall–Kier alpha value is -1.78. The highest BCUT2D eigenvalue weighted by molar-refractivity contribution is 7.89. The molecule has 138 valence electrons. The average molecular weight is 375 g/mol. The number of carbonyl (C=O) groups excluding carboxylic acids is 1. The second-order valence-corrected chi connectivity index (χ2v) is 7.75. The van der Waals surface area contributed by atoms with Crippen molar-refractivity contribution in [2.24, 2.45) is 0 Å². The van der Waals surface area contributed by atoms with Crippen LogP contribution in [0, 0.1) is 11.6 Å². The van der Waals surface area contributed by atoms with Crippen molar-refractivity contribution in [3.8, 4) is 0 Å². The Labute approximate surface area is 144 Å². The summed E-state index contributed by atoms with van der Waals surface area (Å²) in [6, 6.07) is 2.23. The van der Waals surface area contributed by atoms with Gasteiger partial charge in [0, 0.05) is 45.3 Å². The first kappa shape index (κ1) is 18.0. The van der Waals surface area contributed by atoms with Crippen molar-refractivity contribution >= 4 is 16.1 Å². The zero-order valence-electron chi connectivity index (χ0n) is 13.5. The molecule has 2 fully saturated rings. The van der Waals surface area contributed by atoms with Crippen LogP contribution in [0.5, 0.6) is 0 Å². The lowest BCUT2D eigenvalue weighted by molar-refractivity contribution is 0.0405. The standard InChI is InChI=1S/C15H19F2N3O4S/c16-12-1-2-14(13(17)11-12)25(22,23)20-5-3-18(4-6-20)15(21)19-7-9-24-10-8-19/h1-2,11H,3-10H2. The fraction of sp³-hybridized carbons (Fsp3) is 0.533. The fourth-order valence-corrected chi connectivity index (χ4v) is 4.37. The summed E-state index contributed by atoms with van der Waals surface area (Å²) in [4.78, 5) is 15.1. The van der Waals surface area contributed by atoms with Crippen LogP contribution in [0.3, 0.4) is 0 Å². The van der Waals surface area contributed by atoms with E-state index in [1.807, 2.05) is 0 Å². The van der Waals surface area contributed by atoms with Crippen LogP contribution in [0.1, 0.15) is 0 Å². The number of sulfonamides is 1. The third kappa shape index (κ3) is 3.75. The molecule has 0 bridgehead atoms. The molecule has 2 aliphatic heterocycles. The minimum Gasteiger partial charge on any atom is -0.378 e. The number of urea groups is 1. The van der Waals surface area contributed by atoms with E-state index in [4.69, 9.17) is 4.74 Å². The van der Waals surface area contributed by atoms with Gasteiger partial charge in [0.25, 0.3) is 0 Å². The van der Waals surface area contributed by atoms with Crippen LogP contribution in [0.4, 0.5) is 13.6 Å². The Kier molecular flexibility index (Phi) is 5.21. The largest absolute Gasteiger partial charge is 0.378 e. The lowest BCUT2D eigenvalue weighted by Crippen LogP contribution is -2.55. The summed E-state index contributed by atoms with van der Waals surface area (Å²) in [5, 5.41) is 0. The molecule has 0 atom stereocenters. The number of piperazine rings is 1. The Bertz CT molecular complexity index is 745. The number of ether oxygens (including phenoxy) is 1. The molecule has 2 heterocycles. The van der Waals surface area contributed by atoms with Gasteiger partial charge in [-0.25, -0.2) is 22.0 Å². The minimum absolute atomic E-state index is 0.0647. The molecule has 0 aliphatic carbocycles. The maximum atomic E-state index is 13.8. The zero-order chi connectivity index (χ0) is 18.0. The Morgan fingerprint density at radius 3 is 2.16 bits per heavy atom. The second-order valence-electron chi connectivity index (χ2n) is 5.85. The Morgan fingerprint density at radius 2 is 1.56 bits per heavy atom. The van der Waals surface area contributed by atoms with Crippen LogP contribution < -0.4 is 0 Å². The van der Waals surface area contributed by atoms with Crippen LogP contribution in [-0.4, -0.2) is 81.0 Å². The summed E-state index contributed by atoms with van der Waals surface area (Å²) in [6.07, 6.45) is 0. The molecule has 2 amide bonds.